The van der Waals surface area contributed by atoms with Gasteiger partial charge in [-0.1, -0.05) is 30.3 Å². The van der Waals surface area contributed by atoms with E-state index in [1.807, 2.05) is 36.4 Å². The first-order valence-corrected chi connectivity index (χ1v) is 11.3. The molecule has 154 valence electrons. The van der Waals surface area contributed by atoms with Gasteiger partial charge < -0.3 is 20.3 Å². The van der Waals surface area contributed by atoms with Crippen molar-refractivity contribution < 1.29 is 4.74 Å². The van der Waals surface area contributed by atoms with Gasteiger partial charge in [0, 0.05) is 30.6 Å². The molecule has 0 saturated carbocycles. The number of rotatable bonds is 4. The van der Waals surface area contributed by atoms with Gasteiger partial charge in [-0.3, -0.25) is 0 Å². The topological polar surface area (TPSA) is 48.9 Å². The minimum absolute atomic E-state index is 0.375. The van der Waals surface area contributed by atoms with Gasteiger partial charge in [0.05, 0.1) is 23.5 Å². The zero-order valence-corrected chi connectivity index (χ0v) is 17.9. The Morgan fingerprint density at radius 1 is 1.13 bits per heavy atom. The van der Waals surface area contributed by atoms with Crippen molar-refractivity contribution in [1.29, 1.82) is 0 Å². The minimum atomic E-state index is 0.375. The fourth-order valence-corrected chi connectivity index (χ4v) is 4.95. The van der Waals surface area contributed by atoms with Crippen LogP contribution < -0.4 is 15.4 Å². The Bertz CT molecular complexity index is 1050. The van der Waals surface area contributed by atoms with Gasteiger partial charge in [0.25, 0.3) is 0 Å². The van der Waals surface area contributed by atoms with E-state index < -0.39 is 0 Å². The SMILES string of the molecule is Cc1cc2c(s1)Nc1ccccc1N=C2N1CCNC(CCOc2ccccc2)C1. The van der Waals surface area contributed by atoms with Gasteiger partial charge in [0.15, 0.2) is 0 Å². The zero-order valence-electron chi connectivity index (χ0n) is 17.1. The Morgan fingerprint density at radius 3 is 2.87 bits per heavy atom. The van der Waals surface area contributed by atoms with E-state index >= 15 is 0 Å². The van der Waals surface area contributed by atoms with Gasteiger partial charge >= 0.3 is 0 Å². The number of thiophene rings is 1. The summed E-state index contributed by atoms with van der Waals surface area (Å²) in [6.07, 6.45) is 0.961. The second-order valence-electron chi connectivity index (χ2n) is 7.72. The van der Waals surface area contributed by atoms with Crippen molar-refractivity contribution in [3.8, 4) is 5.75 Å². The van der Waals surface area contributed by atoms with E-state index in [0.29, 0.717) is 12.6 Å². The highest BCUT2D eigenvalue weighted by atomic mass is 32.1. The summed E-state index contributed by atoms with van der Waals surface area (Å²) in [5.41, 5.74) is 3.27. The molecule has 0 amide bonds. The van der Waals surface area contributed by atoms with Crippen molar-refractivity contribution in [2.45, 2.75) is 19.4 Å². The average molecular weight is 419 g/mol. The monoisotopic (exact) mass is 418 g/mol. The highest BCUT2D eigenvalue weighted by molar-refractivity contribution is 7.16. The third-order valence-corrected chi connectivity index (χ3v) is 6.47. The number of aliphatic imine (C=N–C) groups is 1. The summed E-state index contributed by atoms with van der Waals surface area (Å²) in [6, 6.07) is 21.0. The lowest BCUT2D eigenvalue weighted by molar-refractivity contribution is 0.235. The van der Waals surface area contributed by atoms with E-state index in [1.54, 1.807) is 11.3 Å². The smallest absolute Gasteiger partial charge is 0.139 e. The minimum Gasteiger partial charge on any atom is -0.494 e. The van der Waals surface area contributed by atoms with Crippen LogP contribution >= 0.6 is 11.3 Å². The number of piperazine rings is 1. The van der Waals surface area contributed by atoms with Crippen LogP contribution in [0.25, 0.3) is 0 Å². The first kappa shape index (κ1) is 19.2. The Hall–Kier alpha value is -2.83. The first-order chi connectivity index (χ1) is 14.8. The molecule has 30 heavy (non-hydrogen) atoms. The molecule has 0 spiro atoms. The summed E-state index contributed by atoms with van der Waals surface area (Å²) in [4.78, 5) is 8.83. The van der Waals surface area contributed by atoms with Crippen LogP contribution in [0.1, 0.15) is 16.9 Å². The van der Waals surface area contributed by atoms with Crippen LogP contribution in [-0.4, -0.2) is 43.0 Å². The van der Waals surface area contributed by atoms with Gasteiger partial charge in [0.2, 0.25) is 0 Å². The van der Waals surface area contributed by atoms with Crippen molar-refractivity contribution in [2.75, 3.05) is 31.6 Å². The molecule has 0 aliphatic carbocycles. The van der Waals surface area contributed by atoms with E-state index in [2.05, 4.69) is 46.7 Å². The molecule has 3 heterocycles. The fraction of sp³-hybridized carbons (Fsp3) is 0.292. The number of fused-ring (bicyclic) bond motifs is 2. The second-order valence-corrected chi connectivity index (χ2v) is 8.98. The highest BCUT2D eigenvalue weighted by Gasteiger charge is 2.27. The van der Waals surface area contributed by atoms with E-state index in [0.717, 1.165) is 49.0 Å². The Balaban J connectivity index is 1.34. The van der Waals surface area contributed by atoms with Gasteiger partial charge in [-0.05, 0) is 43.7 Å². The van der Waals surface area contributed by atoms with Crippen LogP contribution in [0.15, 0.2) is 65.7 Å². The van der Waals surface area contributed by atoms with Crippen LogP contribution in [0.5, 0.6) is 5.75 Å². The lowest BCUT2D eigenvalue weighted by Crippen LogP contribution is -2.53. The summed E-state index contributed by atoms with van der Waals surface area (Å²) in [5.74, 6) is 2.00. The first-order valence-electron chi connectivity index (χ1n) is 10.5. The fourth-order valence-electron chi connectivity index (χ4n) is 4.03. The quantitative estimate of drug-likeness (QED) is 0.630. The molecular weight excluding hydrogens is 392 g/mol. The number of benzene rings is 2. The second kappa shape index (κ2) is 8.50. The predicted molar refractivity (Wildman–Crippen MR) is 125 cm³/mol. The highest BCUT2D eigenvalue weighted by Crippen LogP contribution is 2.39. The van der Waals surface area contributed by atoms with Crippen LogP contribution in [0.3, 0.4) is 0 Å². The molecule has 5 rings (SSSR count). The molecule has 1 atom stereocenters. The summed E-state index contributed by atoms with van der Waals surface area (Å²) < 4.78 is 5.92. The molecule has 1 saturated heterocycles. The molecule has 1 fully saturated rings. The van der Waals surface area contributed by atoms with E-state index in [4.69, 9.17) is 9.73 Å². The summed E-state index contributed by atoms with van der Waals surface area (Å²) >= 11 is 1.79. The van der Waals surface area contributed by atoms with Crippen molar-refractivity contribution in [2.24, 2.45) is 4.99 Å². The van der Waals surface area contributed by atoms with Crippen molar-refractivity contribution in [1.82, 2.24) is 10.2 Å². The van der Waals surface area contributed by atoms with Gasteiger partial charge in [-0.25, -0.2) is 4.99 Å². The summed E-state index contributed by atoms with van der Waals surface area (Å²) in [5, 5.41) is 8.43. The van der Waals surface area contributed by atoms with Gasteiger partial charge in [-0.2, -0.15) is 0 Å². The van der Waals surface area contributed by atoms with Crippen molar-refractivity contribution >= 4 is 33.5 Å². The van der Waals surface area contributed by atoms with Crippen LogP contribution in [0.2, 0.25) is 0 Å². The van der Waals surface area contributed by atoms with Crippen LogP contribution in [0, 0.1) is 6.92 Å². The number of nitrogens with one attached hydrogen (secondary N) is 2. The van der Waals surface area contributed by atoms with E-state index in [-0.39, 0.29) is 0 Å². The third kappa shape index (κ3) is 4.06. The third-order valence-electron chi connectivity index (χ3n) is 5.51. The number of hydrogen-bond donors (Lipinski definition) is 2. The maximum Gasteiger partial charge on any atom is 0.139 e. The van der Waals surface area contributed by atoms with Crippen LogP contribution in [-0.2, 0) is 0 Å². The lowest BCUT2D eigenvalue weighted by Gasteiger charge is -2.35. The van der Waals surface area contributed by atoms with Crippen LogP contribution in [0.4, 0.5) is 16.4 Å². The van der Waals surface area contributed by atoms with Crippen molar-refractivity contribution in [3.63, 3.8) is 0 Å². The largest absolute Gasteiger partial charge is 0.494 e. The number of nitrogens with zero attached hydrogens (tertiary/aromatic N) is 2. The van der Waals surface area contributed by atoms with E-state index in [1.165, 1.54) is 15.4 Å². The number of ether oxygens (including phenoxy) is 1. The molecular formula is C24H26N4OS. The molecule has 2 N–H and O–H groups in total. The molecule has 5 nitrogen and oxygen atoms in total. The summed E-state index contributed by atoms with van der Waals surface area (Å²) in [7, 11) is 0. The Kier molecular flexibility index (Phi) is 5.43. The predicted octanol–water partition coefficient (Wildman–Crippen LogP) is 4.93. The maximum atomic E-state index is 5.92. The van der Waals surface area contributed by atoms with Gasteiger partial charge in [-0.15, -0.1) is 11.3 Å². The van der Waals surface area contributed by atoms with Gasteiger partial charge in [0.1, 0.15) is 16.6 Å². The molecule has 6 heteroatoms. The lowest BCUT2D eigenvalue weighted by atomic mass is 10.1. The molecule has 2 aliphatic rings. The molecule has 0 radical (unpaired) electrons. The molecule has 1 unspecified atom stereocenters. The molecule has 0 bridgehead atoms. The zero-order chi connectivity index (χ0) is 20.3. The van der Waals surface area contributed by atoms with Crippen molar-refractivity contribution in [3.05, 3.63) is 71.1 Å². The number of hydrogen-bond acceptors (Lipinski definition) is 6. The molecule has 2 aliphatic heterocycles. The average Bonchev–Trinajstić information content (AvgIpc) is 3.06. The number of aryl methyl sites for hydroxylation is 1. The molecule has 3 aromatic rings. The Labute approximate surface area is 181 Å². The standard InChI is InChI=1S/C24H26N4OS/c1-17-15-20-23(26-21-9-5-6-10-22(21)27-24(20)30-17)28-13-12-25-18(16-28)11-14-29-19-7-3-2-4-8-19/h2-10,15,18,25,27H,11-14,16H2,1H3. The Morgan fingerprint density at radius 2 is 1.97 bits per heavy atom. The molecule has 1 aromatic heterocycles. The number of amidine groups is 1. The summed E-state index contributed by atoms with van der Waals surface area (Å²) in [6.45, 7) is 5.68. The van der Waals surface area contributed by atoms with E-state index in [9.17, 15) is 0 Å². The maximum absolute atomic E-state index is 5.92. The normalized spacial score (nSPS) is 18.0. The molecule has 2 aromatic carbocycles. The number of anilines is 2. The number of para-hydroxylation sites is 3.